The molecule has 8 nitrogen and oxygen atoms in total. The molecule has 2 heterocycles. The Morgan fingerprint density at radius 1 is 1.63 bits per heavy atom. The lowest BCUT2D eigenvalue weighted by Gasteiger charge is -2.24. The fourth-order valence-corrected chi connectivity index (χ4v) is 2.21. The first-order valence-electron chi connectivity index (χ1n) is 6.28. The Bertz CT molecular complexity index is 501. The molecular formula is C11H17N5O3. The summed E-state index contributed by atoms with van der Waals surface area (Å²) in [6.07, 6.45) is 1.10. The second-order valence-electron chi connectivity index (χ2n) is 4.54. The predicted octanol–water partition coefficient (Wildman–Crippen LogP) is 0.810. The number of hydrogen-bond donors (Lipinski definition) is 2. The van der Waals surface area contributed by atoms with E-state index in [0.717, 1.165) is 0 Å². The summed E-state index contributed by atoms with van der Waals surface area (Å²) in [5.74, 6) is 0.443. The molecule has 1 aromatic heterocycles. The highest BCUT2D eigenvalue weighted by atomic mass is 16.6. The second kappa shape index (κ2) is 5.25. The number of hydrogen-bond acceptors (Lipinski definition) is 5. The van der Waals surface area contributed by atoms with Crippen molar-refractivity contribution < 1.29 is 9.72 Å². The van der Waals surface area contributed by atoms with E-state index in [-0.39, 0.29) is 17.6 Å². The molecule has 2 rings (SSSR count). The zero-order valence-corrected chi connectivity index (χ0v) is 11.0. The Morgan fingerprint density at radius 2 is 2.37 bits per heavy atom. The largest absolute Gasteiger partial charge is 0.360 e. The second-order valence-corrected chi connectivity index (χ2v) is 4.54. The lowest BCUT2D eigenvalue weighted by Crippen LogP contribution is -2.42. The average Bonchev–Trinajstić information content (AvgIpc) is 2.68. The van der Waals surface area contributed by atoms with Gasteiger partial charge in [0.05, 0.1) is 4.92 Å². The number of nitrogens with one attached hydrogen (secondary N) is 2. The number of nitrogens with zero attached hydrogens (tertiary/aromatic N) is 3. The first-order chi connectivity index (χ1) is 9.02. The van der Waals surface area contributed by atoms with Gasteiger partial charge in [0.15, 0.2) is 0 Å². The van der Waals surface area contributed by atoms with Gasteiger partial charge in [-0.1, -0.05) is 0 Å². The fourth-order valence-electron chi connectivity index (χ4n) is 2.21. The number of carbonyl (C=O) groups excluding carboxylic acids is 1. The van der Waals surface area contributed by atoms with Crippen molar-refractivity contribution in [1.29, 1.82) is 0 Å². The number of rotatable bonds is 4. The maximum atomic E-state index is 11.1. The normalized spacial score (nSPS) is 19.1. The highest BCUT2D eigenvalue weighted by molar-refractivity contribution is 5.77. The molecule has 0 saturated carbocycles. The molecule has 1 unspecified atom stereocenters. The molecule has 1 aliphatic rings. The van der Waals surface area contributed by atoms with Crippen molar-refractivity contribution in [2.45, 2.75) is 39.3 Å². The summed E-state index contributed by atoms with van der Waals surface area (Å²) in [4.78, 5) is 21.8. The van der Waals surface area contributed by atoms with Gasteiger partial charge in [0, 0.05) is 25.6 Å². The molecule has 2 N–H and O–H groups in total. The molecule has 0 aromatic carbocycles. The molecule has 1 aliphatic heterocycles. The topological polar surface area (TPSA) is 102 Å². The van der Waals surface area contributed by atoms with Crippen LogP contribution in [0.3, 0.4) is 0 Å². The third-order valence-electron chi connectivity index (χ3n) is 3.18. The average molecular weight is 267 g/mol. The molecule has 8 heteroatoms. The van der Waals surface area contributed by atoms with Crippen LogP contribution in [0.15, 0.2) is 0 Å². The summed E-state index contributed by atoms with van der Waals surface area (Å²) in [6.45, 7) is 4.53. The zero-order valence-electron chi connectivity index (χ0n) is 11.0. The predicted molar refractivity (Wildman–Crippen MR) is 68.9 cm³/mol. The molecule has 1 amide bonds. The van der Waals surface area contributed by atoms with Crippen LogP contribution in [0.2, 0.25) is 0 Å². The number of anilines is 1. The number of carbonyl (C=O) groups is 1. The van der Waals surface area contributed by atoms with Gasteiger partial charge in [0.25, 0.3) is 0 Å². The summed E-state index contributed by atoms with van der Waals surface area (Å²) in [7, 11) is 0. The zero-order chi connectivity index (χ0) is 14.0. The van der Waals surface area contributed by atoms with Gasteiger partial charge in [-0.05, 0) is 20.3 Å². The SMILES string of the molecule is CCn1nc(C)c([N+](=O)[O-])c1NC1CCC(=O)NC1. The molecule has 1 saturated heterocycles. The minimum atomic E-state index is -0.418. The van der Waals surface area contributed by atoms with Gasteiger partial charge < -0.3 is 10.6 Å². The Hall–Kier alpha value is -2.12. The van der Waals surface area contributed by atoms with Gasteiger partial charge >= 0.3 is 5.69 Å². The van der Waals surface area contributed by atoms with E-state index >= 15 is 0 Å². The smallest absolute Gasteiger partial charge is 0.333 e. The molecule has 0 bridgehead atoms. The van der Waals surface area contributed by atoms with Gasteiger partial charge in [0.2, 0.25) is 11.7 Å². The van der Waals surface area contributed by atoms with Gasteiger partial charge in [-0.15, -0.1) is 0 Å². The number of amides is 1. The highest BCUT2D eigenvalue weighted by Gasteiger charge is 2.28. The number of piperidine rings is 1. The minimum absolute atomic E-state index is 0.00204. The number of aryl methyl sites for hydroxylation is 2. The molecule has 1 fully saturated rings. The Balaban J connectivity index is 2.23. The summed E-state index contributed by atoms with van der Waals surface area (Å²) >= 11 is 0. The summed E-state index contributed by atoms with van der Waals surface area (Å²) < 4.78 is 1.59. The molecule has 0 aliphatic carbocycles. The van der Waals surface area contributed by atoms with Crippen LogP contribution in [0.4, 0.5) is 11.5 Å². The van der Waals surface area contributed by atoms with Crippen LogP contribution in [0.1, 0.15) is 25.5 Å². The van der Waals surface area contributed by atoms with Crippen LogP contribution in [-0.4, -0.2) is 33.2 Å². The molecule has 19 heavy (non-hydrogen) atoms. The van der Waals surface area contributed by atoms with E-state index in [1.165, 1.54) is 0 Å². The number of aromatic nitrogens is 2. The van der Waals surface area contributed by atoms with Crippen LogP contribution in [0.5, 0.6) is 0 Å². The van der Waals surface area contributed by atoms with Crippen molar-refractivity contribution >= 4 is 17.4 Å². The van der Waals surface area contributed by atoms with Gasteiger partial charge in [-0.3, -0.25) is 14.9 Å². The summed E-state index contributed by atoms with van der Waals surface area (Å²) in [5, 5.41) is 21.1. The lowest BCUT2D eigenvalue weighted by atomic mass is 10.1. The van der Waals surface area contributed by atoms with E-state index in [0.29, 0.717) is 37.4 Å². The van der Waals surface area contributed by atoms with Crippen LogP contribution < -0.4 is 10.6 Å². The Kier molecular flexibility index (Phi) is 3.68. The van der Waals surface area contributed by atoms with Crippen LogP contribution >= 0.6 is 0 Å². The molecule has 1 atom stereocenters. The van der Waals surface area contributed by atoms with E-state index in [9.17, 15) is 14.9 Å². The summed E-state index contributed by atoms with van der Waals surface area (Å²) in [6, 6.07) is -0.00204. The van der Waals surface area contributed by atoms with Gasteiger partial charge in [-0.2, -0.15) is 5.10 Å². The van der Waals surface area contributed by atoms with E-state index in [2.05, 4.69) is 15.7 Å². The van der Waals surface area contributed by atoms with Crippen LogP contribution in [0.25, 0.3) is 0 Å². The van der Waals surface area contributed by atoms with Crippen molar-refractivity contribution in [3.63, 3.8) is 0 Å². The van der Waals surface area contributed by atoms with E-state index in [4.69, 9.17) is 0 Å². The molecule has 104 valence electrons. The Morgan fingerprint density at radius 3 is 2.89 bits per heavy atom. The van der Waals surface area contributed by atoms with E-state index in [1.807, 2.05) is 6.92 Å². The van der Waals surface area contributed by atoms with Crippen molar-refractivity contribution in [3.05, 3.63) is 15.8 Å². The lowest BCUT2D eigenvalue weighted by molar-refractivity contribution is -0.384. The van der Waals surface area contributed by atoms with Crippen molar-refractivity contribution in [2.24, 2.45) is 0 Å². The molecular weight excluding hydrogens is 250 g/mol. The first-order valence-corrected chi connectivity index (χ1v) is 6.28. The maximum absolute atomic E-state index is 11.1. The molecule has 0 radical (unpaired) electrons. The fraction of sp³-hybridized carbons (Fsp3) is 0.636. The van der Waals surface area contributed by atoms with E-state index in [1.54, 1.807) is 11.6 Å². The maximum Gasteiger partial charge on any atom is 0.333 e. The first kappa shape index (κ1) is 13.3. The van der Waals surface area contributed by atoms with Gasteiger partial charge in [-0.25, -0.2) is 4.68 Å². The highest BCUT2D eigenvalue weighted by Crippen LogP contribution is 2.29. The quantitative estimate of drug-likeness (QED) is 0.621. The number of nitro groups is 1. The molecule has 0 spiro atoms. The summed E-state index contributed by atoms with van der Waals surface area (Å²) in [5.41, 5.74) is 0.410. The minimum Gasteiger partial charge on any atom is -0.360 e. The standard InChI is InChI=1S/C11H17N5O3/c1-3-15-11(10(16(18)19)7(2)14-15)13-8-4-5-9(17)12-6-8/h8,13H,3-6H2,1-2H3,(H,12,17). The van der Waals surface area contributed by atoms with Crippen molar-refractivity contribution in [3.8, 4) is 0 Å². The van der Waals surface area contributed by atoms with Crippen molar-refractivity contribution in [2.75, 3.05) is 11.9 Å². The molecule has 1 aromatic rings. The third kappa shape index (κ3) is 2.67. The van der Waals surface area contributed by atoms with Crippen LogP contribution in [-0.2, 0) is 11.3 Å². The third-order valence-corrected chi connectivity index (χ3v) is 3.18. The van der Waals surface area contributed by atoms with Crippen molar-refractivity contribution in [1.82, 2.24) is 15.1 Å². The van der Waals surface area contributed by atoms with Gasteiger partial charge in [0.1, 0.15) is 5.69 Å². The monoisotopic (exact) mass is 267 g/mol. The van der Waals surface area contributed by atoms with E-state index < -0.39 is 4.92 Å². The van der Waals surface area contributed by atoms with Crippen LogP contribution in [0, 0.1) is 17.0 Å². The Labute approximate surface area is 110 Å².